The van der Waals surface area contributed by atoms with Crippen LogP contribution in [0.3, 0.4) is 0 Å². The van der Waals surface area contributed by atoms with Crippen LogP contribution >= 0.6 is 0 Å². The number of hydrogen-bond acceptors (Lipinski definition) is 3. The lowest BCUT2D eigenvalue weighted by Crippen LogP contribution is -2.36. The van der Waals surface area contributed by atoms with Gasteiger partial charge in [-0.25, -0.2) is 0 Å². The Morgan fingerprint density at radius 2 is 1.78 bits per heavy atom. The molecular weight excluding hydrogens is 252 g/mol. The Morgan fingerprint density at radius 3 is 2.28 bits per heavy atom. The normalized spacial score (nSPS) is 18.6. The molecule has 0 aliphatic carbocycles. The molecule has 1 aromatic rings. The Morgan fingerprint density at radius 1 is 1.17 bits per heavy atom. The van der Waals surface area contributed by atoms with Gasteiger partial charge in [0.1, 0.15) is 0 Å². The van der Waals surface area contributed by atoms with Gasteiger partial charge in [0.25, 0.3) is 0 Å². The van der Waals surface area contributed by atoms with Crippen LogP contribution in [-0.4, -0.2) is 36.0 Å². The molecule has 1 aliphatic heterocycles. The van der Waals surface area contributed by atoms with E-state index >= 15 is 0 Å². The molecule has 1 aromatic heterocycles. The number of aromatic nitrogens is 2. The van der Waals surface area contributed by atoms with Crippen molar-refractivity contribution in [1.82, 2.24) is 14.5 Å². The topological polar surface area (TPSA) is 78.1 Å². The van der Waals surface area contributed by atoms with Gasteiger partial charge in [0.05, 0.1) is 17.1 Å². The molecule has 1 fully saturated rings. The number of hydrogen-bond donors (Lipinski definition) is 2. The Hall–Kier alpha value is -1.08. The quantitative estimate of drug-likeness (QED) is 0.876. The second kappa shape index (κ2) is 5.27. The summed E-state index contributed by atoms with van der Waals surface area (Å²) in [5, 5.41) is 6.77. The van der Waals surface area contributed by atoms with Crippen LogP contribution in [-0.2, 0) is 10.2 Å². The molecule has 1 aliphatic rings. The minimum Gasteiger partial charge on any atom is -0.280 e. The van der Waals surface area contributed by atoms with Crippen LogP contribution in [0.2, 0.25) is 0 Å². The van der Waals surface area contributed by atoms with Gasteiger partial charge < -0.3 is 0 Å². The van der Waals surface area contributed by atoms with Crippen LogP contribution in [0.15, 0.2) is 0 Å². The Balaban J connectivity index is 2.16. The third-order valence-electron chi connectivity index (χ3n) is 3.26. The summed E-state index contributed by atoms with van der Waals surface area (Å²) in [6.45, 7) is 4.79. The van der Waals surface area contributed by atoms with E-state index in [1.54, 1.807) is 13.8 Å². The SMILES string of the molecule is Cc1n[nH]c(C)c1NS(=O)(=O)N1CCCCCC1. The first kappa shape index (κ1) is 13.4. The van der Waals surface area contributed by atoms with Crippen LogP contribution in [0.25, 0.3) is 0 Å². The molecule has 2 N–H and O–H groups in total. The molecule has 0 bridgehead atoms. The van der Waals surface area contributed by atoms with E-state index in [4.69, 9.17) is 0 Å². The molecule has 18 heavy (non-hydrogen) atoms. The number of nitrogens with zero attached hydrogens (tertiary/aromatic N) is 2. The van der Waals surface area contributed by atoms with Gasteiger partial charge in [-0.2, -0.15) is 17.8 Å². The number of anilines is 1. The summed E-state index contributed by atoms with van der Waals surface area (Å²) in [6.07, 6.45) is 4.08. The molecule has 0 unspecified atom stereocenters. The van der Waals surface area contributed by atoms with E-state index in [0.29, 0.717) is 24.5 Å². The predicted octanol–water partition coefficient (Wildman–Crippen LogP) is 1.56. The van der Waals surface area contributed by atoms with Crippen LogP contribution < -0.4 is 4.72 Å². The van der Waals surface area contributed by atoms with E-state index in [9.17, 15) is 8.42 Å². The van der Waals surface area contributed by atoms with Gasteiger partial charge in [0.2, 0.25) is 0 Å². The monoisotopic (exact) mass is 272 g/mol. The second-order valence-corrected chi connectivity index (χ2v) is 6.40. The highest BCUT2D eigenvalue weighted by Crippen LogP contribution is 2.20. The maximum absolute atomic E-state index is 12.3. The predicted molar refractivity (Wildman–Crippen MR) is 70.6 cm³/mol. The fourth-order valence-electron chi connectivity index (χ4n) is 2.18. The lowest BCUT2D eigenvalue weighted by Gasteiger charge is -2.20. The first-order valence-corrected chi connectivity index (χ1v) is 7.74. The molecule has 7 heteroatoms. The van der Waals surface area contributed by atoms with Crippen molar-refractivity contribution in [3.63, 3.8) is 0 Å². The molecule has 0 saturated carbocycles. The summed E-state index contributed by atoms with van der Waals surface area (Å²) in [6, 6.07) is 0. The number of aryl methyl sites for hydroxylation is 2. The van der Waals surface area contributed by atoms with E-state index in [2.05, 4.69) is 14.9 Å². The summed E-state index contributed by atoms with van der Waals surface area (Å²) in [7, 11) is -3.45. The van der Waals surface area contributed by atoms with Crippen molar-refractivity contribution in [2.45, 2.75) is 39.5 Å². The van der Waals surface area contributed by atoms with Gasteiger partial charge in [0, 0.05) is 13.1 Å². The van der Waals surface area contributed by atoms with Crippen LogP contribution in [0.4, 0.5) is 5.69 Å². The van der Waals surface area contributed by atoms with Crippen molar-refractivity contribution < 1.29 is 8.42 Å². The van der Waals surface area contributed by atoms with Crippen molar-refractivity contribution >= 4 is 15.9 Å². The van der Waals surface area contributed by atoms with E-state index < -0.39 is 10.2 Å². The zero-order valence-electron chi connectivity index (χ0n) is 10.9. The van der Waals surface area contributed by atoms with E-state index in [0.717, 1.165) is 31.4 Å². The van der Waals surface area contributed by atoms with E-state index in [1.165, 1.54) is 4.31 Å². The number of aromatic amines is 1. The summed E-state index contributed by atoms with van der Waals surface area (Å²) in [4.78, 5) is 0. The first-order chi connectivity index (χ1) is 8.50. The molecule has 2 heterocycles. The summed E-state index contributed by atoms with van der Waals surface area (Å²) in [5.74, 6) is 0. The summed E-state index contributed by atoms with van der Waals surface area (Å²) in [5.41, 5.74) is 1.98. The number of rotatable bonds is 3. The zero-order valence-corrected chi connectivity index (χ0v) is 11.7. The molecule has 0 spiro atoms. The molecule has 0 radical (unpaired) electrons. The number of H-pyrrole nitrogens is 1. The van der Waals surface area contributed by atoms with Crippen molar-refractivity contribution in [3.05, 3.63) is 11.4 Å². The fraction of sp³-hybridized carbons (Fsp3) is 0.727. The minimum absolute atomic E-state index is 0.569. The van der Waals surface area contributed by atoms with Gasteiger partial charge in [0.15, 0.2) is 0 Å². The molecule has 102 valence electrons. The minimum atomic E-state index is -3.45. The molecule has 1 saturated heterocycles. The third kappa shape index (κ3) is 2.84. The Labute approximate surface area is 108 Å². The molecular formula is C11H20N4O2S. The lowest BCUT2D eigenvalue weighted by molar-refractivity contribution is 0.427. The highest BCUT2D eigenvalue weighted by molar-refractivity contribution is 7.90. The largest absolute Gasteiger partial charge is 0.301 e. The van der Waals surface area contributed by atoms with Gasteiger partial charge in [-0.15, -0.1) is 0 Å². The molecule has 0 atom stereocenters. The van der Waals surface area contributed by atoms with Crippen LogP contribution in [0, 0.1) is 13.8 Å². The summed E-state index contributed by atoms with van der Waals surface area (Å²) >= 11 is 0. The van der Waals surface area contributed by atoms with Crippen LogP contribution in [0.1, 0.15) is 37.1 Å². The van der Waals surface area contributed by atoms with E-state index in [1.807, 2.05) is 0 Å². The summed E-state index contributed by atoms with van der Waals surface area (Å²) < 4.78 is 28.7. The average molecular weight is 272 g/mol. The highest BCUT2D eigenvalue weighted by atomic mass is 32.2. The molecule has 6 nitrogen and oxygen atoms in total. The van der Waals surface area contributed by atoms with Crippen molar-refractivity contribution in [2.75, 3.05) is 17.8 Å². The van der Waals surface area contributed by atoms with Crippen molar-refractivity contribution in [1.29, 1.82) is 0 Å². The standard InChI is InChI=1S/C11H20N4O2S/c1-9-11(10(2)13-12-9)14-18(16,17)15-7-5-3-4-6-8-15/h14H,3-8H2,1-2H3,(H,12,13). The number of nitrogens with one attached hydrogen (secondary N) is 2. The van der Waals surface area contributed by atoms with Gasteiger partial charge in [-0.3, -0.25) is 9.82 Å². The Bertz CT molecular complexity index is 482. The third-order valence-corrected chi connectivity index (χ3v) is 4.77. The van der Waals surface area contributed by atoms with Crippen LogP contribution in [0.5, 0.6) is 0 Å². The first-order valence-electron chi connectivity index (χ1n) is 6.30. The molecule has 2 rings (SSSR count). The van der Waals surface area contributed by atoms with E-state index in [-0.39, 0.29) is 0 Å². The van der Waals surface area contributed by atoms with Crippen molar-refractivity contribution in [3.8, 4) is 0 Å². The second-order valence-electron chi connectivity index (χ2n) is 4.73. The smallest absolute Gasteiger partial charge is 0.280 e. The highest BCUT2D eigenvalue weighted by Gasteiger charge is 2.24. The average Bonchev–Trinajstić information content (AvgIpc) is 2.60. The Kier molecular flexibility index (Phi) is 3.91. The van der Waals surface area contributed by atoms with Gasteiger partial charge in [-0.1, -0.05) is 12.8 Å². The fourth-order valence-corrected chi connectivity index (χ4v) is 3.60. The lowest BCUT2D eigenvalue weighted by atomic mass is 10.2. The maximum Gasteiger partial charge on any atom is 0.301 e. The van der Waals surface area contributed by atoms with Crippen molar-refractivity contribution in [2.24, 2.45) is 0 Å². The molecule has 0 amide bonds. The molecule has 0 aromatic carbocycles. The van der Waals surface area contributed by atoms with Gasteiger partial charge in [-0.05, 0) is 26.7 Å². The van der Waals surface area contributed by atoms with Gasteiger partial charge >= 0.3 is 10.2 Å². The zero-order chi connectivity index (χ0) is 13.2. The maximum atomic E-state index is 12.3.